The van der Waals surface area contributed by atoms with Crippen LogP contribution in [0.1, 0.15) is 29.7 Å². The Morgan fingerprint density at radius 3 is 2.53 bits per heavy atom. The SMILES string of the molecule is COc1ccccc1C(C)NC(=O)CSc1nc2ccccc2c(=O)n1Cc1ccc(C)cc1. The second-order valence-corrected chi connectivity index (χ2v) is 9.05. The molecule has 1 amide bonds. The number of methoxy groups -OCH3 is 1. The number of thioether (sulfide) groups is 1. The number of hydrogen-bond acceptors (Lipinski definition) is 5. The van der Waals surface area contributed by atoms with E-state index in [1.807, 2.05) is 80.6 Å². The molecule has 0 aliphatic carbocycles. The molecule has 1 atom stereocenters. The number of fused-ring (bicyclic) bond motifs is 1. The van der Waals surface area contributed by atoms with E-state index < -0.39 is 0 Å². The lowest BCUT2D eigenvalue weighted by Gasteiger charge is -2.17. The number of hydrogen-bond donors (Lipinski definition) is 1. The van der Waals surface area contributed by atoms with Gasteiger partial charge in [-0.15, -0.1) is 0 Å². The zero-order valence-corrected chi connectivity index (χ0v) is 20.3. The van der Waals surface area contributed by atoms with Crippen molar-refractivity contribution in [1.82, 2.24) is 14.9 Å². The molecule has 1 unspecified atom stereocenters. The summed E-state index contributed by atoms with van der Waals surface area (Å²) in [6.45, 7) is 4.33. The summed E-state index contributed by atoms with van der Waals surface area (Å²) in [5.74, 6) is 0.719. The van der Waals surface area contributed by atoms with Crippen LogP contribution in [-0.2, 0) is 11.3 Å². The average Bonchev–Trinajstić information content (AvgIpc) is 2.85. The number of carbonyl (C=O) groups is 1. The molecule has 0 spiro atoms. The van der Waals surface area contributed by atoms with Crippen LogP contribution in [0.2, 0.25) is 0 Å². The lowest BCUT2D eigenvalue weighted by molar-refractivity contribution is -0.119. The number of benzene rings is 3. The van der Waals surface area contributed by atoms with Gasteiger partial charge in [0.15, 0.2) is 5.16 Å². The Morgan fingerprint density at radius 1 is 1.06 bits per heavy atom. The number of nitrogens with zero attached hydrogens (tertiary/aromatic N) is 2. The molecular formula is C27H27N3O3S. The summed E-state index contributed by atoms with van der Waals surface area (Å²) in [6, 6.07) is 22.7. The van der Waals surface area contributed by atoms with Gasteiger partial charge in [-0.2, -0.15) is 0 Å². The number of ether oxygens (including phenoxy) is 1. The number of aryl methyl sites for hydroxylation is 1. The molecule has 0 aliphatic rings. The number of aromatic nitrogens is 2. The van der Waals surface area contributed by atoms with Crippen molar-refractivity contribution in [2.24, 2.45) is 0 Å². The smallest absolute Gasteiger partial charge is 0.262 e. The number of amides is 1. The minimum Gasteiger partial charge on any atom is -0.496 e. The van der Waals surface area contributed by atoms with Crippen LogP contribution in [0.3, 0.4) is 0 Å². The van der Waals surface area contributed by atoms with E-state index >= 15 is 0 Å². The van der Waals surface area contributed by atoms with Crippen molar-refractivity contribution in [2.45, 2.75) is 31.6 Å². The van der Waals surface area contributed by atoms with Gasteiger partial charge in [0, 0.05) is 5.56 Å². The van der Waals surface area contributed by atoms with Crippen LogP contribution in [-0.4, -0.2) is 28.3 Å². The van der Waals surface area contributed by atoms with E-state index in [1.165, 1.54) is 11.8 Å². The van der Waals surface area contributed by atoms with Crippen molar-refractivity contribution in [3.8, 4) is 5.75 Å². The van der Waals surface area contributed by atoms with Crippen molar-refractivity contribution < 1.29 is 9.53 Å². The fourth-order valence-corrected chi connectivity index (χ4v) is 4.60. The first-order chi connectivity index (χ1) is 16.5. The number of carbonyl (C=O) groups excluding carboxylic acids is 1. The van der Waals surface area contributed by atoms with Crippen LogP contribution in [0, 0.1) is 6.92 Å². The monoisotopic (exact) mass is 473 g/mol. The molecular weight excluding hydrogens is 446 g/mol. The van der Waals surface area contributed by atoms with Crippen molar-refractivity contribution in [2.75, 3.05) is 12.9 Å². The summed E-state index contributed by atoms with van der Waals surface area (Å²) >= 11 is 1.26. The molecule has 1 aromatic heterocycles. The minimum absolute atomic E-state index is 0.114. The second-order valence-electron chi connectivity index (χ2n) is 8.11. The van der Waals surface area contributed by atoms with Gasteiger partial charge in [0.05, 0.1) is 36.4 Å². The molecule has 0 bridgehead atoms. The maximum absolute atomic E-state index is 13.3. The molecule has 0 saturated heterocycles. The van der Waals surface area contributed by atoms with E-state index in [0.717, 1.165) is 22.4 Å². The fourth-order valence-electron chi connectivity index (χ4n) is 3.79. The van der Waals surface area contributed by atoms with Gasteiger partial charge in [-0.25, -0.2) is 4.98 Å². The molecule has 4 aromatic rings. The second kappa shape index (κ2) is 10.6. The van der Waals surface area contributed by atoms with E-state index in [1.54, 1.807) is 17.7 Å². The molecule has 174 valence electrons. The van der Waals surface area contributed by atoms with Gasteiger partial charge in [-0.3, -0.25) is 14.2 Å². The Labute approximate surface area is 203 Å². The molecule has 0 radical (unpaired) electrons. The van der Waals surface area contributed by atoms with E-state index in [-0.39, 0.29) is 23.3 Å². The maximum Gasteiger partial charge on any atom is 0.262 e. The van der Waals surface area contributed by atoms with Crippen molar-refractivity contribution >= 4 is 28.6 Å². The van der Waals surface area contributed by atoms with E-state index in [0.29, 0.717) is 22.6 Å². The lowest BCUT2D eigenvalue weighted by Crippen LogP contribution is -2.29. The highest BCUT2D eigenvalue weighted by Crippen LogP contribution is 2.25. The lowest BCUT2D eigenvalue weighted by atomic mass is 10.1. The predicted octanol–water partition coefficient (Wildman–Crippen LogP) is 4.73. The number of para-hydroxylation sites is 2. The topological polar surface area (TPSA) is 73.2 Å². The van der Waals surface area contributed by atoms with E-state index in [2.05, 4.69) is 5.32 Å². The first kappa shape index (κ1) is 23.6. The van der Waals surface area contributed by atoms with Gasteiger partial charge in [-0.1, -0.05) is 71.9 Å². The van der Waals surface area contributed by atoms with Gasteiger partial charge in [0.25, 0.3) is 5.56 Å². The third-order valence-electron chi connectivity index (χ3n) is 5.60. The van der Waals surface area contributed by atoms with Gasteiger partial charge in [0.2, 0.25) is 5.91 Å². The highest BCUT2D eigenvalue weighted by molar-refractivity contribution is 7.99. The Hall–Kier alpha value is -3.58. The van der Waals surface area contributed by atoms with Crippen LogP contribution >= 0.6 is 11.8 Å². The van der Waals surface area contributed by atoms with Crippen molar-refractivity contribution in [1.29, 1.82) is 0 Å². The normalized spacial score (nSPS) is 11.9. The first-order valence-electron chi connectivity index (χ1n) is 11.1. The van der Waals surface area contributed by atoms with Crippen molar-refractivity contribution in [3.63, 3.8) is 0 Å². The van der Waals surface area contributed by atoms with Crippen LogP contribution in [0.15, 0.2) is 82.7 Å². The molecule has 0 saturated carbocycles. The predicted molar refractivity (Wildman–Crippen MR) is 137 cm³/mol. The maximum atomic E-state index is 13.3. The fraction of sp³-hybridized carbons (Fsp3) is 0.222. The highest BCUT2D eigenvalue weighted by atomic mass is 32.2. The van der Waals surface area contributed by atoms with Gasteiger partial charge < -0.3 is 10.1 Å². The standard InChI is InChI=1S/C27H27N3O3S/c1-18-12-14-20(15-13-18)16-30-26(32)22-9-4-6-10-23(22)29-27(30)34-17-25(31)28-19(2)21-8-5-7-11-24(21)33-3/h4-15,19H,16-17H2,1-3H3,(H,28,31). The Kier molecular flexibility index (Phi) is 7.33. The average molecular weight is 474 g/mol. The highest BCUT2D eigenvalue weighted by Gasteiger charge is 2.17. The summed E-state index contributed by atoms with van der Waals surface area (Å²) in [4.78, 5) is 30.8. The molecule has 3 aromatic carbocycles. The first-order valence-corrected chi connectivity index (χ1v) is 12.0. The molecule has 1 heterocycles. The largest absolute Gasteiger partial charge is 0.496 e. The van der Waals surface area contributed by atoms with E-state index in [9.17, 15) is 9.59 Å². The summed E-state index contributed by atoms with van der Waals surface area (Å²) in [6.07, 6.45) is 0. The van der Waals surface area contributed by atoms with E-state index in [4.69, 9.17) is 9.72 Å². The van der Waals surface area contributed by atoms with Crippen LogP contribution in [0.5, 0.6) is 5.75 Å². The minimum atomic E-state index is -0.219. The molecule has 4 rings (SSSR count). The van der Waals surface area contributed by atoms with Crippen molar-refractivity contribution in [3.05, 3.63) is 99.8 Å². The van der Waals surface area contributed by atoms with Crippen LogP contribution in [0.4, 0.5) is 0 Å². The molecule has 1 N–H and O–H groups in total. The third-order valence-corrected chi connectivity index (χ3v) is 6.58. The van der Waals surface area contributed by atoms with Crippen LogP contribution in [0.25, 0.3) is 10.9 Å². The van der Waals surface area contributed by atoms with Gasteiger partial charge in [-0.05, 0) is 37.6 Å². The summed E-state index contributed by atoms with van der Waals surface area (Å²) in [5.41, 5.74) is 3.57. The molecule has 0 fully saturated rings. The van der Waals surface area contributed by atoms with Crippen LogP contribution < -0.4 is 15.6 Å². The van der Waals surface area contributed by atoms with Gasteiger partial charge in [0.1, 0.15) is 5.75 Å². The Balaban J connectivity index is 1.56. The Morgan fingerprint density at radius 2 is 1.76 bits per heavy atom. The Bertz CT molecular complexity index is 1370. The van der Waals surface area contributed by atoms with Gasteiger partial charge >= 0.3 is 0 Å². The zero-order valence-electron chi connectivity index (χ0n) is 19.4. The summed E-state index contributed by atoms with van der Waals surface area (Å²) < 4.78 is 7.05. The molecule has 7 heteroatoms. The molecule has 34 heavy (non-hydrogen) atoms. The third kappa shape index (κ3) is 5.31. The summed E-state index contributed by atoms with van der Waals surface area (Å²) in [7, 11) is 1.61. The number of rotatable bonds is 8. The molecule has 6 nitrogen and oxygen atoms in total. The number of nitrogens with one attached hydrogen (secondary N) is 1. The zero-order chi connectivity index (χ0) is 24.1. The molecule has 0 aliphatic heterocycles. The quantitative estimate of drug-likeness (QED) is 0.296. The summed E-state index contributed by atoms with van der Waals surface area (Å²) in [5, 5.41) is 4.09.